The summed E-state index contributed by atoms with van der Waals surface area (Å²) < 4.78 is 12.9. The highest BCUT2D eigenvalue weighted by molar-refractivity contribution is 5.97. The van der Waals surface area contributed by atoms with Crippen LogP contribution in [-0.4, -0.2) is 31.9 Å². The van der Waals surface area contributed by atoms with E-state index in [4.69, 9.17) is 9.47 Å². The van der Waals surface area contributed by atoms with Crippen molar-refractivity contribution in [3.8, 4) is 11.5 Å². The van der Waals surface area contributed by atoms with Crippen molar-refractivity contribution in [1.82, 2.24) is 0 Å². The van der Waals surface area contributed by atoms with E-state index in [0.29, 0.717) is 22.6 Å². The van der Waals surface area contributed by atoms with Gasteiger partial charge in [0.25, 0.3) is 0 Å². The van der Waals surface area contributed by atoms with Crippen LogP contribution in [0.3, 0.4) is 0 Å². The summed E-state index contributed by atoms with van der Waals surface area (Å²) in [4.78, 5) is 29.5. The minimum Gasteiger partial charge on any atom is -0.456 e. The van der Waals surface area contributed by atoms with E-state index in [1.165, 1.54) is 0 Å². The SMILES string of the molecule is CCN(CC)c1ccc2c(c1)Oc1ccc(N(C)c3cccc(C(C)=O)c3)cc1C21OC(=O)c2ccccc21. The highest BCUT2D eigenvalue weighted by atomic mass is 16.6. The first-order valence-corrected chi connectivity index (χ1v) is 13.3. The Balaban J connectivity index is 1.54. The Bertz CT molecular complexity index is 1620. The van der Waals surface area contributed by atoms with Gasteiger partial charge in [-0.25, -0.2) is 4.79 Å². The fraction of sp³-hybridized carbons (Fsp3) is 0.212. The molecule has 2 aliphatic rings. The summed E-state index contributed by atoms with van der Waals surface area (Å²) in [6.07, 6.45) is 0. The second-order valence-electron chi connectivity index (χ2n) is 9.92. The molecule has 39 heavy (non-hydrogen) atoms. The van der Waals surface area contributed by atoms with Crippen LogP contribution in [0.1, 0.15) is 58.2 Å². The van der Waals surface area contributed by atoms with Gasteiger partial charge in [0.05, 0.1) is 5.56 Å². The minimum atomic E-state index is -1.14. The molecule has 1 unspecified atom stereocenters. The summed E-state index contributed by atoms with van der Waals surface area (Å²) in [6.45, 7) is 7.55. The van der Waals surface area contributed by atoms with Gasteiger partial charge in [-0.1, -0.05) is 30.3 Å². The van der Waals surface area contributed by atoms with E-state index in [-0.39, 0.29) is 11.8 Å². The zero-order valence-electron chi connectivity index (χ0n) is 22.5. The van der Waals surface area contributed by atoms with E-state index in [2.05, 4.69) is 24.8 Å². The third kappa shape index (κ3) is 3.78. The third-order valence-electron chi connectivity index (χ3n) is 7.83. The van der Waals surface area contributed by atoms with Crippen molar-refractivity contribution in [2.75, 3.05) is 29.9 Å². The van der Waals surface area contributed by atoms with Crippen molar-refractivity contribution in [1.29, 1.82) is 0 Å². The van der Waals surface area contributed by atoms with E-state index in [1.807, 2.05) is 90.8 Å². The monoisotopic (exact) mass is 518 g/mol. The molecule has 0 aromatic heterocycles. The number of carbonyl (C=O) groups excluding carboxylic acids is 2. The van der Waals surface area contributed by atoms with Crippen LogP contribution in [0, 0.1) is 0 Å². The van der Waals surface area contributed by atoms with Crippen LogP contribution in [0.2, 0.25) is 0 Å². The number of anilines is 3. The molecule has 0 saturated heterocycles. The molecule has 0 fully saturated rings. The maximum absolute atomic E-state index is 13.3. The second-order valence-corrected chi connectivity index (χ2v) is 9.92. The van der Waals surface area contributed by atoms with E-state index in [9.17, 15) is 9.59 Å². The predicted molar refractivity (Wildman–Crippen MR) is 153 cm³/mol. The molecule has 196 valence electrons. The molecule has 6 heteroatoms. The van der Waals surface area contributed by atoms with Crippen LogP contribution in [0.25, 0.3) is 0 Å². The van der Waals surface area contributed by atoms with E-state index in [1.54, 1.807) is 6.92 Å². The summed E-state index contributed by atoms with van der Waals surface area (Å²) in [6, 6.07) is 27.2. The van der Waals surface area contributed by atoms with Crippen LogP contribution in [0.4, 0.5) is 17.1 Å². The molecule has 6 rings (SSSR count). The molecule has 1 spiro atoms. The molecule has 1 atom stereocenters. The number of esters is 1. The molecule has 0 amide bonds. The Hall–Kier alpha value is -4.58. The van der Waals surface area contributed by atoms with E-state index in [0.717, 1.165) is 46.8 Å². The average Bonchev–Trinajstić information content (AvgIpc) is 3.26. The Labute approximate surface area is 228 Å². The molecule has 4 aromatic carbocycles. The van der Waals surface area contributed by atoms with Crippen molar-refractivity contribution in [2.24, 2.45) is 0 Å². The summed E-state index contributed by atoms with van der Waals surface area (Å²) >= 11 is 0. The predicted octanol–water partition coefficient (Wildman–Crippen LogP) is 7.07. The van der Waals surface area contributed by atoms with Crippen LogP contribution >= 0.6 is 0 Å². The molecule has 0 N–H and O–H groups in total. The fourth-order valence-electron chi connectivity index (χ4n) is 5.73. The second kappa shape index (κ2) is 9.31. The van der Waals surface area contributed by atoms with Gasteiger partial charge in [-0.15, -0.1) is 0 Å². The maximum Gasteiger partial charge on any atom is 0.340 e. The van der Waals surface area contributed by atoms with Gasteiger partial charge in [-0.3, -0.25) is 4.79 Å². The summed E-state index contributed by atoms with van der Waals surface area (Å²) in [5.41, 5.74) is 5.22. The molecule has 2 heterocycles. The van der Waals surface area contributed by atoms with Crippen LogP contribution in [-0.2, 0) is 10.3 Å². The van der Waals surface area contributed by atoms with E-state index < -0.39 is 5.60 Å². The van der Waals surface area contributed by atoms with Gasteiger partial charge >= 0.3 is 5.97 Å². The Kier molecular flexibility index (Phi) is 5.91. The van der Waals surface area contributed by atoms with Gasteiger partial charge < -0.3 is 19.3 Å². The highest BCUT2D eigenvalue weighted by Crippen LogP contribution is 2.57. The van der Waals surface area contributed by atoms with Crippen LogP contribution < -0.4 is 14.5 Å². The lowest BCUT2D eigenvalue weighted by Gasteiger charge is -2.38. The smallest absolute Gasteiger partial charge is 0.340 e. The number of ether oxygens (including phenoxy) is 2. The standard InChI is InChI=1S/C33H30N2O4/c1-5-35(6-2)25-14-16-28-31(20-25)38-30-17-15-24(34(4)23-11-9-10-22(18-23)21(3)36)19-29(30)33(28)27-13-8-7-12-26(27)32(37)39-33/h7-20H,5-6H2,1-4H3. The largest absolute Gasteiger partial charge is 0.456 e. The quantitative estimate of drug-likeness (QED) is 0.201. The van der Waals surface area contributed by atoms with Crippen molar-refractivity contribution >= 4 is 28.8 Å². The van der Waals surface area contributed by atoms with Gasteiger partial charge in [-0.2, -0.15) is 0 Å². The summed E-state index contributed by atoms with van der Waals surface area (Å²) in [5.74, 6) is 0.966. The zero-order valence-corrected chi connectivity index (χ0v) is 22.5. The first-order chi connectivity index (χ1) is 18.9. The number of fused-ring (bicyclic) bond motifs is 6. The number of benzene rings is 4. The van der Waals surface area contributed by atoms with Crippen molar-refractivity contribution in [2.45, 2.75) is 26.4 Å². The summed E-state index contributed by atoms with van der Waals surface area (Å²) in [7, 11) is 1.95. The molecule has 0 bridgehead atoms. The lowest BCUT2D eigenvalue weighted by atomic mass is 9.77. The van der Waals surface area contributed by atoms with Crippen LogP contribution in [0.5, 0.6) is 11.5 Å². The molecule has 6 nitrogen and oxygen atoms in total. The summed E-state index contributed by atoms with van der Waals surface area (Å²) in [5, 5.41) is 0. The Morgan fingerprint density at radius 3 is 2.28 bits per heavy atom. The topological polar surface area (TPSA) is 59.1 Å². The number of hydrogen-bond acceptors (Lipinski definition) is 6. The molecule has 4 aromatic rings. The lowest BCUT2D eigenvalue weighted by Crippen LogP contribution is -2.33. The number of Topliss-reactive ketones (excluding diaryl/α,β-unsaturated/α-hetero) is 1. The van der Waals surface area contributed by atoms with Crippen molar-refractivity contribution in [3.63, 3.8) is 0 Å². The number of nitrogens with zero attached hydrogens (tertiary/aromatic N) is 2. The average molecular weight is 519 g/mol. The lowest BCUT2D eigenvalue weighted by molar-refractivity contribution is 0.0224. The van der Waals surface area contributed by atoms with Crippen molar-refractivity contribution < 1.29 is 19.1 Å². The molecule has 0 saturated carbocycles. The van der Waals surface area contributed by atoms with Crippen LogP contribution in [0.15, 0.2) is 84.9 Å². The molecular weight excluding hydrogens is 488 g/mol. The maximum atomic E-state index is 13.3. The first kappa shape index (κ1) is 24.7. The van der Waals surface area contributed by atoms with Gasteiger partial charge in [0, 0.05) is 65.5 Å². The number of ketones is 1. The normalized spacial score (nSPS) is 16.6. The Morgan fingerprint density at radius 1 is 0.769 bits per heavy atom. The van der Waals surface area contributed by atoms with Gasteiger partial charge in [-0.05, 0) is 69.3 Å². The number of carbonyl (C=O) groups is 2. The highest BCUT2D eigenvalue weighted by Gasteiger charge is 2.53. The molecule has 2 aliphatic heterocycles. The minimum absolute atomic E-state index is 0.0122. The van der Waals surface area contributed by atoms with Crippen molar-refractivity contribution in [3.05, 3.63) is 113 Å². The van der Waals surface area contributed by atoms with Gasteiger partial charge in [0.15, 0.2) is 11.4 Å². The number of rotatable bonds is 6. The third-order valence-corrected chi connectivity index (χ3v) is 7.83. The first-order valence-electron chi connectivity index (χ1n) is 13.3. The molecule has 0 radical (unpaired) electrons. The Morgan fingerprint density at radius 2 is 1.51 bits per heavy atom. The van der Waals surface area contributed by atoms with Gasteiger partial charge in [0.2, 0.25) is 0 Å². The molecular formula is C33H30N2O4. The van der Waals surface area contributed by atoms with Gasteiger partial charge in [0.1, 0.15) is 11.5 Å². The number of hydrogen-bond donors (Lipinski definition) is 0. The van der Waals surface area contributed by atoms with E-state index >= 15 is 0 Å². The zero-order chi connectivity index (χ0) is 27.3. The fourth-order valence-corrected chi connectivity index (χ4v) is 5.73. The molecule has 0 aliphatic carbocycles.